The largest absolute Gasteiger partial charge is 0.478 e. The van der Waals surface area contributed by atoms with Gasteiger partial charge < -0.3 is 9.84 Å². The van der Waals surface area contributed by atoms with Gasteiger partial charge in [-0.2, -0.15) is 5.10 Å². The van der Waals surface area contributed by atoms with Crippen LogP contribution in [-0.2, 0) is 24.8 Å². The molecule has 0 unspecified atom stereocenters. The van der Waals surface area contributed by atoms with Crippen LogP contribution in [0.5, 0.6) is 0 Å². The van der Waals surface area contributed by atoms with Gasteiger partial charge in [-0.15, -0.1) is 0 Å². The van der Waals surface area contributed by atoms with Crippen LogP contribution in [0.25, 0.3) is 0 Å². The number of aromatic nitrogens is 3. The molecule has 20 heavy (non-hydrogen) atoms. The topological polar surface area (TPSA) is 77.2 Å². The number of hydrogen-bond acceptors (Lipinski definition) is 4. The van der Waals surface area contributed by atoms with Crippen molar-refractivity contribution in [1.29, 1.82) is 0 Å². The van der Waals surface area contributed by atoms with E-state index in [1.54, 1.807) is 19.4 Å². The summed E-state index contributed by atoms with van der Waals surface area (Å²) in [5, 5.41) is 12.9. The van der Waals surface area contributed by atoms with E-state index < -0.39 is 5.97 Å². The molecule has 0 aliphatic carbocycles. The Labute approximate surface area is 117 Å². The third kappa shape index (κ3) is 3.64. The second-order valence-corrected chi connectivity index (χ2v) is 4.45. The van der Waals surface area contributed by atoms with Crippen LogP contribution in [0.2, 0.25) is 0 Å². The first-order valence-corrected chi connectivity index (χ1v) is 6.39. The Morgan fingerprint density at radius 2 is 2.15 bits per heavy atom. The minimum Gasteiger partial charge on any atom is -0.478 e. The highest BCUT2D eigenvalue weighted by Crippen LogP contribution is 2.09. The van der Waals surface area contributed by atoms with E-state index in [0.717, 1.165) is 12.8 Å². The zero-order chi connectivity index (χ0) is 14.4. The van der Waals surface area contributed by atoms with Gasteiger partial charge >= 0.3 is 5.97 Å². The summed E-state index contributed by atoms with van der Waals surface area (Å²) in [6, 6.07) is 3.95. The van der Waals surface area contributed by atoms with Crippen molar-refractivity contribution in [1.82, 2.24) is 14.8 Å². The lowest BCUT2D eigenvalue weighted by Gasteiger charge is -2.06. The van der Waals surface area contributed by atoms with E-state index in [4.69, 9.17) is 9.84 Å². The van der Waals surface area contributed by atoms with Gasteiger partial charge in [0.2, 0.25) is 0 Å². The Balaban J connectivity index is 1.76. The average Bonchev–Trinajstić information content (AvgIpc) is 2.81. The second-order valence-electron chi connectivity index (χ2n) is 4.45. The summed E-state index contributed by atoms with van der Waals surface area (Å²) in [7, 11) is 1.71. The number of carbonyl (C=O) groups is 1. The molecule has 0 radical (unpaired) electrons. The standard InChI is InChI=1S/C14H17N3O3/c1-17-13(12(9-16-17)14(18)19)10-20-8-2-3-11-4-6-15-7-5-11/h4-7,9H,2-3,8,10H2,1H3,(H,18,19). The van der Waals surface area contributed by atoms with Crippen LogP contribution in [0.3, 0.4) is 0 Å². The molecule has 0 spiro atoms. The molecule has 0 aromatic carbocycles. The summed E-state index contributed by atoms with van der Waals surface area (Å²) in [5.74, 6) is -0.978. The first kappa shape index (κ1) is 14.2. The van der Waals surface area contributed by atoms with E-state index >= 15 is 0 Å². The van der Waals surface area contributed by atoms with Crippen molar-refractivity contribution in [2.75, 3.05) is 6.61 Å². The summed E-state index contributed by atoms with van der Waals surface area (Å²) in [5.41, 5.74) is 2.00. The van der Waals surface area contributed by atoms with Crippen molar-refractivity contribution in [3.05, 3.63) is 47.5 Å². The van der Waals surface area contributed by atoms with Crippen molar-refractivity contribution in [3.63, 3.8) is 0 Å². The Morgan fingerprint density at radius 1 is 1.40 bits per heavy atom. The first-order chi connectivity index (χ1) is 9.68. The van der Waals surface area contributed by atoms with Crippen LogP contribution >= 0.6 is 0 Å². The maximum absolute atomic E-state index is 11.0. The molecule has 0 amide bonds. The molecular formula is C14H17N3O3. The number of aromatic carboxylic acids is 1. The van der Waals surface area contributed by atoms with Crippen LogP contribution in [0.4, 0.5) is 0 Å². The predicted molar refractivity (Wildman–Crippen MR) is 72.4 cm³/mol. The van der Waals surface area contributed by atoms with Crippen LogP contribution < -0.4 is 0 Å². The van der Waals surface area contributed by atoms with E-state index in [0.29, 0.717) is 12.3 Å². The minimum atomic E-state index is -0.978. The fourth-order valence-electron chi connectivity index (χ4n) is 1.91. The molecule has 0 saturated carbocycles. The molecule has 2 heterocycles. The summed E-state index contributed by atoms with van der Waals surface area (Å²) in [6.07, 6.45) is 6.68. The number of ether oxygens (including phenoxy) is 1. The number of rotatable bonds is 7. The highest BCUT2D eigenvalue weighted by molar-refractivity contribution is 5.88. The Morgan fingerprint density at radius 3 is 2.85 bits per heavy atom. The number of aryl methyl sites for hydroxylation is 2. The highest BCUT2D eigenvalue weighted by Gasteiger charge is 2.14. The first-order valence-electron chi connectivity index (χ1n) is 6.39. The molecule has 1 N–H and O–H groups in total. The molecule has 0 atom stereocenters. The molecular weight excluding hydrogens is 258 g/mol. The van der Waals surface area contributed by atoms with Gasteiger partial charge in [0.15, 0.2) is 0 Å². The Hall–Kier alpha value is -2.21. The summed E-state index contributed by atoms with van der Waals surface area (Å²) in [4.78, 5) is 15.0. The van der Waals surface area contributed by atoms with E-state index in [1.165, 1.54) is 16.4 Å². The lowest BCUT2D eigenvalue weighted by molar-refractivity contribution is 0.0685. The minimum absolute atomic E-state index is 0.196. The van der Waals surface area contributed by atoms with Gasteiger partial charge in [0.25, 0.3) is 0 Å². The zero-order valence-electron chi connectivity index (χ0n) is 11.3. The molecule has 0 bridgehead atoms. The molecule has 2 rings (SSSR count). The van der Waals surface area contributed by atoms with Crippen LogP contribution in [-0.4, -0.2) is 32.4 Å². The molecule has 0 saturated heterocycles. The van der Waals surface area contributed by atoms with Crippen molar-refractivity contribution in [2.24, 2.45) is 7.05 Å². The van der Waals surface area contributed by atoms with Crippen molar-refractivity contribution < 1.29 is 14.6 Å². The molecule has 106 valence electrons. The van der Waals surface area contributed by atoms with Gasteiger partial charge in [-0.1, -0.05) is 0 Å². The lowest BCUT2D eigenvalue weighted by atomic mass is 10.1. The fourth-order valence-corrected chi connectivity index (χ4v) is 1.91. The molecule has 2 aromatic rings. The second kappa shape index (κ2) is 6.81. The smallest absolute Gasteiger partial charge is 0.339 e. The maximum Gasteiger partial charge on any atom is 0.339 e. The molecule has 0 fully saturated rings. The monoisotopic (exact) mass is 275 g/mol. The van der Waals surface area contributed by atoms with Crippen LogP contribution in [0.15, 0.2) is 30.7 Å². The van der Waals surface area contributed by atoms with Gasteiger partial charge in [-0.25, -0.2) is 4.79 Å². The summed E-state index contributed by atoms with van der Waals surface area (Å²) in [6.45, 7) is 0.834. The number of nitrogens with zero attached hydrogens (tertiary/aromatic N) is 3. The Bertz CT molecular complexity index is 566. The summed E-state index contributed by atoms with van der Waals surface area (Å²) < 4.78 is 7.07. The molecule has 0 aliphatic rings. The van der Waals surface area contributed by atoms with Gasteiger partial charge in [-0.3, -0.25) is 9.67 Å². The van der Waals surface area contributed by atoms with Gasteiger partial charge in [0.05, 0.1) is 18.5 Å². The molecule has 0 aliphatic heterocycles. The third-order valence-electron chi connectivity index (χ3n) is 3.03. The lowest BCUT2D eigenvalue weighted by Crippen LogP contribution is -2.07. The summed E-state index contributed by atoms with van der Waals surface area (Å²) >= 11 is 0. The maximum atomic E-state index is 11.0. The number of carboxylic acid groups (broad SMARTS) is 1. The number of hydrogen-bond donors (Lipinski definition) is 1. The number of pyridine rings is 1. The fraction of sp³-hybridized carbons (Fsp3) is 0.357. The SMILES string of the molecule is Cn1ncc(C(=O)O)c1COCCCc1ccncc1. The molecule has 2 aromatic heterocycles. The zero-order valence-corrected chi connectivity index (χ0v) is 11.3. The van der Waals surface area contributed by atoms with Crippen molar-refractivity contribution in [2.45, 2.75) is 19.4 Å². The van der Waals surface area contributed by atoms with Crippen LogP contribution in [0, 0.1) is 0 Å². The van der Waals surface area contributed by atoms with E-state index in [2.05, 4.69) is 10.1 Å². The Kier molecular flexibility index (Phi) is 4.84. The van der Waals surface area contributed by atoms with E-state index in [-0.39, 0.29) is 12.2 Å². The average molecular weight is 275 g/mol. The molecule has 6 heteroatoms. The van der Waals surface area contributed by atoms with E-state index in [9.17, 15) is 4.79 Å². The van der Waals surface area contributed by atoms with E-state index in [1.807, 2.05) is 12.1 Å². The normalized spacial score (nSPS) is 10.7. The highest BCUT2D eigenvalue weighted by atomic mass is 16.5. The van der Waals surface area contributed by atoms with Crippen LogP contribution in [0.1, 0.15) is 28.0 Å². The van der Waals surface area contributed by atoms with Gasteiger partial charge in [-0.05, 0) is 30.5 Å². The van der Waals surface area contributed by atoms with Gasteiger partial charge in [0, 0.05) is 26.0 Å². The number of carboxylic acids is 1. The van der Waals surface area contributed by atoms with Gasteiger partial charge in [0.1, 0.15) is 5.56 Å². The predicted octanol–water partition coefficient (Wildman–Crippen LogP) is 1.66. The molecule has 6 nitrogen and oxygen atoms in total. The quantitative estimate of drug-likeness (QED) is 0.778. The van der Waals surface area contributed by atoms with Crippen molar-refractivity contribution in [3.8, 4) is 0 Å². The van der Waals surface area contributed by atoms with Crippen molar-refractivity contribution >= 4 is 5.97 Å². The third-order valence-corrected chi connectivity index (χ3v) is 3.03.